The van der Waals surface area contributed by atoms with Crippen LogP contribution in [0.1, 0.15) is 39.0 Å². The SMILES string of the molecule is CC1CCC(C(=O)CC(=O)[O-])CC1. The fraction of sp³-hybridized carbons (Fsp3) is 0.800. The fourth-order valence-corrected chi connectivity index (χ4v) is 1.87. The van der Waals surface area contributed by atoms with Gasteiger partial charge in [0.25, 0.3) is 0 Å². The van der Waals surface area contributed by atoms with E-state index in [0.717, 1.165) is 25.7 Å². The summed E-state index contributed by atoms with van der Waals surface area (Å²) in [4.78, 5) is 21.5. The number of hydrogen-bond acceptors (Lipinski definition) is 3. The molecule has 13 heavy (non-hydrogen) atoms. The van der Waals surface area contributed by atoms with Crippen molar-refractivity contribution in [3.8, 4) is 0 Å². The zero-order valence-electron chi connectivity index (χ0n) is 7.91. The molecular formula is C10H15O3-. The number of hydrogen-bond donors (Lipinski definition) is 0. The molecule has 1 fully saturated rings. The summed E-state index contributed by atoms with van der Waals surface area (Å²) in [7, 11) is 0. The van der Waals surface area contributed by atoms with E-state index in [0.29, 0.717) is 5.92 Å². The predicted molar refractivity (Wildman–Crippen MR) is 45.8 cm³/mol. The molecule has 3 nitrogen and oxygen atoms in total. The molecule has 0 heterocycles. The minimum atomic E-state index is -1.25. The number of ketones is 1. The lowest BCUT2D eigenvalue weighted by molar-refractivity contribution is -0.304. The van der Waals surface area contributed by atoms with Gasteiger partial charge in [0.2, 0.25) is 0 Å². The molecule has 1 rings (SSSR count). The van der Waals surface area contributed by atoms with Gasteiger partial charge in [-0.25, -0.2) is 0 Å². The summed E-state index contributed by atoms with van der Waals surface area (Å²) in [5, 5.41) is 10.2. The van der Waals surface area contributed by atoms with Crippen molar-refractivity contribution in [2.45, 2.75) is 39.0 Å². The first-order chi connectivity index (χ1) is 6.09. The topological polar surface area (TPSA) is 57.2 Å². The van der Waals surface area contributed by atoms with E-state index >= 15 is 0 Å². The van der Waals surface area contributed by atoms with E-state index in [1.807, 2.05) is 0 Å². The summed E-state index contributed by atoms with van der Waals surface area (Å²) >= 11 is 0. The quantitative estimate of drug-likeness (QED) is 0.599. The molecule has 0 aliphatic heterocycles. The molecule has 0 N–H and O–H groups in total. The maximum atomic E-state index is 11.3. The van der Waals surface area contributed by atoms with Crippen molar-refractivity contribution in [2.24, 2.45) is 11.8 Å². The summed E-state index contributed by atoms with van der Waals surface area (Å²) in [5.41, 5.74) is 0. The largest absolute Gasteiger partial charge is 0.550 e. The van der Waals surface area contributed by atoms with Crippen molar-refractivity contribution in [1.29, 1.82) is 0 Å². The van der Waals surface area contributed by atoms with Crippen molar-refractivity contribution in [1.82, 2.24) is 0 Å². The third-order valence-electron chi connectivity index (χ3n) is 2.79. The molecule has 0 atom stereocenters. The third-order valence-corrected chi connectivity index (χ3v) is 2.79. The Hall–Kier alpha value is -0.860. The van der Waals surface area contributed by atoms with E-state index in [-0.39, 0.29) is 11.7 Å². The summed E-state index contributed by atoms with van der Waals surface area (Å²) in [5.74, 6) is -0.725. The van der Waals surface area contributed by atoms with Crippen LogP contribution in [-0.4, -0.2) is 11.8 Å². The second-order valence-electron chi connectivity index (χ2n) is 3.97. The first-order valence-corrected chi connectivity index (χ1v) is 4.82. The molecule has 74 valence electrons. The van der Waals surface area contributed by atoms with E-state index in [1.165, 1.54) is 0 Å². The van der Waals surface area contributed by atoms with E-state index in [1.54, 1.807) is 0 Å². The summed E-state index contributed by atoms with van der Waals surface area (Å²) in [6, 6.07) is 0. The number of carbonyl (C=O) groups excluding carboxylic acids is 2. The Labute approximate surface area is 78.1 Å². The number of carboxylic acids is 1. The van der Waals surface area contributed by atoms with Gasteiger partial charge in [0.15, 0.2) is 0 Å². The van der Waals surface area contributed by atoms with Gasteiger partial charge >= 0.3 is 0 Å². The smallest absolute Gasteiger partial charge is 0.141 e. The molecule has 1 aliphatic carbocycles. The maximum Gasteiger partial charge on any atom is 0.141 e. The molecule has 0 bridgehead atoms. The molecule has 0 aromatic heterocycles. The Morgan fingerprint density at radius 1 is 1.23 bits per heavy atom. The monoisotopic (exact) mass is 183 g/mol. The van der Waals surface area contributed by atoms with Crippen LogP contribution < -0.4 is 5.11 Å². The van der Waals surface area contributed by atoms with Gasteiger partial charge in [0.1, 0.15) is 5.78 Å². The standard InChI is InChI=1S/C10H16O3/c1-7-2-4-8(5-3-7)9(11)6-10(12)13/h7-8H,2-6H2,1H3,(H,12,13)/p-1. The van der Waals surface area contributed by atoms with Gasteiger partial charge in [-0.2, -0.15) is 0 Å². The van der Waals surface area contributed by atoms with Gasteiger partial charge in [-0.3, -0.25) is 4.79 Å². The van der Waals surface area contributed by atoms with E-state index in [4.69, 9.17) is 0 Å². The first-order valence-electron chi connectivity index (χ1n) is 4.82. The number of Topliss-reactive ketones (excluding diaryl/α,β-unsaturated/α-hetero) is 1. The number of carbonyl (C=O) groups is 2. The molecule has 1 saturated carbocycles. The van der Waals surface area contributed by atoms with Crippen LogP contribution in [0.2, 0.25) is 0 Å². The average Bonchev–Trinajstić information content (AvgIpc) is 2.04. The minimum Gasteiger partial charge on any atom is -0.550 e. The normalized spacial score (nSPS) is 28.4. The highest BCUT2D eigenvalue weighted by Crippen LogP contribution is 2.29. The molecule has 0 spiro atoms. The summed E-state index contributed by atoms with van der Waals surface area (Å²) in [6.07, 6.45) is 3.40. The van der Waals surface area contributed by atoms with Gasteiger partial charge in [-0.15, -0.1) is 0 Å². The molecule has 0 aromatic rings. The van der Waals surface area contributed by atoms with E-state index < -0.39 is 12.4 Å². The van der Waals surface area contributed by atoms with Gasteiger partial charge < -0.3 is 9.90 Å². The minimum absolute atomic E-state index is 0.0194. The van der Waals surface area contributed by atoms with Gasteiger partial charge in [-0.05, 0) is 18.8 Å². The van der Waals surface area contributed by atoms with Crippen LogP contribution in [-0.2, 0) is 9.59 Å². The highest BCUT2D eigenvalue weighted by atomic mass is 16.4. The number of aliphatic carboxylic acids is 1. The van der Waals surface area contributed by atoms with Crippen LogP contribution in [0, 0.1) is 11.8 Å². The molecule has 0 aromatic carbocycles. The lowest BCUT2D eigenvalue weighted by atomic mass is 9.80. The van der Waals surface area contributed by atoms with Crippen LogP contribution in [0.15, 0.2) is 0 Å². The zero-order chi connectivity index (χ0) is 9.84. The highest BCUT2D eigenvalue weighted by molar-refractivity contribution is 5.95. The molecule has 1 aliphatic rings. The maximum absolute atomic E-state index is 11.3. The van der Waals surface area contributed by atoms with Crippen molar-refractivity contribution in [3.63, 3.8) is 0 Å². The van der Waals surface area contributed by atoms with Crippen molar-refractivity contribution in [2.75, 3.05) is 0 Å². The fourth-order valence-electron chi connectivity index (χ4n) is 1.87. The third kappa shape index (κ3) is 3.17. The van der Waals surface area contributed by atoms with Crippen LogP contribution in [0.4, 0.5) is 0 Å². The summed E-state index contributed by atoms with van der Waals surface area (Å²) < 4.78 is 0. The van der Waals surface area contributed by atoms with Crippen molar-refractivity contribution in [3.05, 3.63) is 0 Å². The Bertz CT molecular complexity index is 202. The average molecular weight is 183 g/mol. The predicted octanol–water partition coefficient (Wildman–Crippen LogP) is 0.522. The first kappa shape index (κ1) is 10.2. The Morgan fingerprint density at radius 3 is 2.23 bits per heavy atom. The summed E-state index contributed by atoms with van der Waals surface area (Å²) in [6.45, 7) is 2.17. The molecule has 0 amide bonds. The lowest BCUT2D eigenvalue weighted by Gasteiger charge is -2.25. The number of carboxylic acid groups (broad SMARTS) is 1. The van der Waals surface area contributed by atoms with Gasteiger partial charge in [0, 0.05) is 18.3 Å². The Morgan fingerprint density at radius 2 is 1.77 bits per heavy atom. The van der Waals surface area contributed by atoms with Crippen molar-refractivity contribution < 1.29 is 14.7 Å². The molecule has 0 radical (unpaired) electrons. The van der Waals surface area contributed by atoms with E-state index in [9.17, 15) is 14.7 Å². The molecular weight excluding hydrogens is 168 g/mol. The van der Waals surface area contributed by atoms with E-state index in [2.05, 4.69) is 6.92 Å². The Kier molecular flexibility index (Phi) is 3.46. The molecule has 3 heteroatoms. The number of rotatable bonds is 3. The second-order valence-corrected chi connectivity index (χ2v) is 3.97. The van der Waals surface area contributed by atoms with Crippen molar-refractivity contribution >= 4 is 11.8 Å². The molecule has 0 unspecified atom stereocenters. The molecule has 0 saturated heterocycles. The van der Waals surface area contributed by atoms with Crippen LogP contribution in [0.3, 0.4) is 0 Å². The van der Waals surface area contributed by atoms with Gasteiger partial charge in [0.05, 0.1) is 0 Å². The van der Waals surface area contributed by atoms with Gasteiger partial charge in [-0.1, -0.05) is 19.8 Å². The Balaban J connectivity index is 2.36. The van der Waals surface area contributed by atoms with Crippen LogP contribution in [0.5, 0.6) is 0 Å². The van der Waals surface area contributed by atoms with Crippen LogP contribution in [0.25, 0.3) is 0 Å². The highest BCUT2D eigenvalue weighted by Gasteiger charge is 2.23. The lowest BCUT2D eigenvalue weighted by Crippen LogP contribution is -2.29. The second kappa shape index (κ2) is 4.40. The zero-order valence-corrected chi connectivity index (χ0v) is 7.91. The van der Waals surface area contributed by atoms with Crippen LogP contribution >= 0.6 is 0 Å².